The van der Waals surface area contributed by atoms with Crippen molar-refractivity contribution in [1.82, 2.24) is 10.2 Å². The molecule has 1 heterocycles. The first kappa shape index (κ1) is 13.4. The molecule has 0 fully saturated rings. The van der Waals surface area contributed by atoms with Crippen molar-refractivity contribution in [2.45, 2.75) is 12.8 Å². The van der Waals surface area contributed by atoms with E-state index >= 15 is 0 Å². The third-order valence-corrected chi connectivity index (χ3v) is 3.66. The fraction of sp³-hybridized carbons (Fsp3) is 0.167. The Bertz CT molecular complexity index is 675. The molecule has 0 saturated carbocycles. The Kier molecular flexibility index (Phi) is 4.01. The molecule has 1 atom stereocenters. The lowest BCUT2D eigenvalue weighted by Crippen LogP contribution is -2.09. The van der Waals surface area contributed by atoms with Crippen LogP contribution in [0.3, 0.4) is 0 Å². The summed E-state index contributed by atoms with van der Waals surface area (Å²) in [6.07, 6.45) is 1.77. The molecular formula is C18H19N3. The van der Waals surface area contributed by atoms with E-state index in [0.29, 0.717) is 5.92 Å². The van der Waals surface area contributed by atoms with Crippen LogP contribution in [0.25, 0.3) is 11.3 Å². The zero-order valence-electron chi connectivity index (χ0n) is 12.1. The Hall–Kier alpha value is -2.55. The molecule has 1 aromatic heterocycles. The average Bonchev–Trinajstić information content (AvgIpc) is 3.08. The van der Waals surface area contributed by atoms with E-state index in [1.165, 1.54) is 5.56 Å². The predicted molar refractivity (Wildman–Crippen MR) is 87.4 cm³/mol. The fourth-order valence-corrected chi connectivity index (χ4v) is 2.38. The van der Waals surface area contributed by atoms with Crippen molar-refractivity contribution in [3.8, 4) is 11.3 Å². The standard InChI is InChI=1S/C18H19N3/c1-14(15-6-3-2-4-7-15)13-19-17-9-5-8-16(12-17)18-10-11-20-21-18/h2-12,14,19H,13H2,1H3,(H,20,21). The highest BCUT2D eigenvalue weighted by Crippen LogP contribution is 2.21. The molecule has 0 aliphatic heterocycles. The second-order valence-electron chi connectivity index (χ2n) is 5.24. The first-order chi connectivity index (χ1) is 10.3. The number of aromatic amines is 1. The van der Waals surface area contributed by atoms with Crippen LogP contribution in [0.4, 0.5) is 5.69 Å². The van der Waals surface area contributed by atoms with Crippen molar-refractivity contribution >= 4 is 5.69 Å². The summed E-state index contributed by atoms with van der Waals surface area (Å²) < 4.78 is 0. The molecule has 0 amide bonds. The number of anilines is 1. The molecule has 3 aromatic rings. The van der Waals surface area contributed by atoms with Gasteiger partial charge in [0.25, 0.3) is 0 Å². The van der Waals surface area contributed by atoms with Gasteiger partial charge in [0, 0.05) is 24.0 Å². The van der Waals surface area contributed by atoms with Crippen LogP contribution >= 0.6 is 0 Å². The molecule has 1 unspecified atom stereocenters. The Morgan fingerprint density at radius 3 is 2.67 bits per heavy atom. The van der Waals surface area contributed by atoms with Gasteiger partial charge < -0.3 is 5.32 Å². The van der Waals surface area contributed by atoms with E-state index in [1.54, 1.807) is 6.20 Å². The molecule has 0 spiro atoms. The van der Waals surface area contributed by atoms with Crippen LogP contribution < -0.4 is 5.32 Å². The van der Waals surface area contributed by atoms with E-state index in [4.69, 9.17) is 0 Å². The lowest BCUT2D eigenvalue weighted by Gasteiger charge is -2.14. The van der Waals surface area contributed by atoms with E-state index in [2.05, 4.69) is 77.0 Å². The van der Waals surface area contributed by atoms with Gasteiger partial charge in [-0.05, 0) is 29.7 Å². The lowest BCUT2D eigenvalue weighted by atomic mass is 10.0. The molecule has 3 heteroatoms. The topological polar surface area (TPSA) is 40.7 Å². The third kappa shape index (κ3) is 3.31. The van der Waals surface area contributed by atoms with Gasteiger partial charge in [0.15, 0.2) is 0 Å². The van der Waals surface area contributed by atoms with Crippen LogP contribution in [0, 0.1) is 0 Å². The number of hydrogen-bond donors (Lipinski definition) is 2. The molecule has 106 valence electrons. The van der Waals surface area contributed by atoms with E-state index in [9.17, 15) is 0 Å². The van der Waals surface area contributed by atoms with Crippen molar-refractivity contribution in [1.29, 1.82) is 0 Å². The Labute approximate surface area is 125 Å². The zero-order chi connectivity index (χ0) is 14.5. The average molecular weight is 277 g/mol. The SMILES string of the molecule is CC(CNc1cccc(-c2ccn[nH]2)c1)c1ccccc1. The Balaban J connectivity index is 1.67. The quantitative estimate of drug-likeness (QED) is 0.730. The number of nitrogens with one attached hydrogen (secondary N) is 2. The first-order valence-electron chi connectivity index (χ1n) is 7.21. The van der Waals surface area contributed by atoms with Gasteiger partial charge >= 0.3 is 0 Å². The number of nitrogens with zero attached hydrogens (tertiary/aromatic N) is 1. The van der Waals surface area contributed by atoms with E-state index < -0.39 is 0 Å². The van der Waals surface area contributed by atoms with E-state index in [0.717, 1.165) is 23.5 Å². The lowest BCUT2D eigenvalue weighted by molar-refractivity contribution is 0.805. The third-order valence-electron chi connectivity index (χ3n) is 3.66. The summed E-state index contributed by atoms with van der Waals surface area (Å²) >= 11 is 0. The summed E-state index contributed by atoms with van der Waals surface area (Å²) in [5.74, 6) is 0.474. The first-order valence-corrected chi connectivity index (χ1v) is 7.21. The summed E-state index contributed by atoms with van der Waals surface area (Å²) in [5.41, 5.74) is 4.67. The number of H-pyrrole nitrogens is 1. The van der Waals surface area contributed by atoms with Crippen LogP contribution in [0.2, 0.25) is 0 Å². The van der Waals surface area contributed by atoms with Crippen molar-refractivity contribution in [2.75, 3.05) is 11.9 Å². The maximum atomic E-state index is 4.00. The highest BCUT2D eigenvalue weighted by molar-refractivity contribution is 5.64. The molecular weight excluding hydrogens is 258 g/mol. The maximum absolute atomic E-state index is 4.00. The van der Waals surface area contributed by atoms with Gasteiger partial charge in [-0.25, -0.2) is 0 Å². The highest BCUT2D eigenvalue weighted by atomic mass is 15.1. The van der Waals surface area contributed by atoms with Gasteiger partial charge in [-0.1, -0.05) is 49.4 Å². The number of benzene rings is 2. The second kappa shape index (κ2) is 6.27. The summed E-state index contributed by atoms with van der Waals surface area (Å²) in [4.78, 5) is 0. The summed E-state index contributed by atoms with van der Waals surface area (Å²) in [5, 5.41) is 10.5. The second-order valence-corrected chi connectivity index (χ2v) is 5.24. The van der Waals surface area contributed by atoms with Gasteiger partial charge in [-0.15, -0.1) is 0 Å². The van der Waals surface area contributed by atoms with Gasteiger partial charge in [0.2, 0.25) is 0 Å². The molecule has 21 heavy (non-hydrogen) atoms. The van der Waals surface area contributed by atoms with Crippen LogP contribution in [-0.2, 0) is 0 Å². The van der Waals surface area contributed by atoms with Crippen molar-refractivity contribution in [2.24, 2.45) is 0 Å². The Morgan fingerprint density at radius 2 is 1.90 bits per heavy atom. The monoisotopic (exact) mass is 277 g/mol. The predicted octanol–water partition coefficient (Wildman–Crippen LogP) is 4.29. The van der Waals surface area contributed by atoms with Gasteiger partial charge in [-0.2, -0.15) is 5.10 Å². The van der Waals surface area contributed by atoms with E-state index in [-0.39, 0.29) is 0 Å². The van der Waals surface area contributed by atoms with Crippen LogP contribution in [0.1, 0.15) is 18.4 Å². The zero-order valence-corrected chi connectivity index (χ0v) is 12.1. The van der Waals surface area contributed by atoms with Crippen molar-refractivity contribution in [3.63, 3.8) is 0 Å². The number of rotatable bonds is 5. The van der Waals surface area contributed by atoms with Crippen LogP contribution in [-0.4, -0.2) is 16.7 Å². The highest BCUT2D eigenvalue weighted by Gasteiger charge is 2.05. The van der Waals surface area contributed by atoms with Crippen LogP contribution in [0.5, 0.6) is 0 Å². The molecule has 0 radical (unpaired) electrons. The molecule has 3 nitrogen and oxygen atoms in total. The van der Waals surface area contributed by atoms with Gasteiger partial charge in [0.05, 0.1) is 5.69 Å². The maximum Gasteiger partial charge on any atom is 0.0650 e. The largest absolute Gasteiger partial charge is 0.384 e. The Morgan fingerprint density at radius 1 is 1.05 bits per heavy atom. The fourth-order valence-electron chi connectivity index (χ4n) is 2.38. The minimum atomic E-state index is 0.474. The normalized spacial score (nSPS) is 12.0. The summed E-state index contributed by atoms with van der Waals surface area (Å²) in [7, 11) is 0. The molecule has 3 rings (SSSR count). The van der Waals surface area contributed by atoms with Gasteiger partial charge in [0.1, 0.15) is 0 Å². The summed E-state index contributed by atoms with van der Waals surface area (Å²) in [6.45, 7) is 3.15. The molecule has 2 N–H and O–H groups in total. The van der Waals surface area contributed by atoms with Crippen molar-refractivity contribution in [3.05, 3.63) is 72.4 Å². The van der Waals surface area contributed by atoms with Gasteiger partial charge in [-0.3, -0.25) is 5.10 Å². The molecule has 0 bridgehead atoms. The van der Waals surface area contributed by atoms with Crippen LogP contribution in [0.15, 0.2) is 66.9 Å². The van der Waals surface area contributed by atoms with Crippen molar-refractivity contribution < 1.29 is 0 Å². The molecule has 0 aliphatic rings. The molecule has 0 aliphatic carbocycles. The summed E-state index contributed by atoms with van der Waals surface area (Å²) in [6, 6.07) is 20.9. The minimum absolute atomic E-state index is 0.474. The number of hydrogen-bond acceptors (Lipinski definition) is 2. The number of aromatic nitrogens is 2. The molecule has 0 saturated heterocycles. The molecule has 2 aromatic carbocycles. The smallest absolute Gasteiger partial charge is 0.0650 e. The minimum Gasteiger partial charge on any atom is -0.384 e. The van der Waals surface area contributed by atoms with E-state index in [1.807, 2.05) is 6.07 Å².